The van der Waals surface area contributed by atoms with E-state index in [1.54, 1.807) is 18.2 Å². The zero-order valence-corrected chi connectivity index (χ0v) is 15.7. The summed E-state index contributed by atoms with van der Waals surface area (Å²) < 4.78 is 20.5. The third-order valence-corrected chi connectivity index (χ3v) is 4.46. The number of nitrogens with one attached hydrogen (secondary N) is 1. The van der Waals surface area contributed by atoms with Crippen LogP contribution < -0.4 is 10.1 Å². The number of amides is 1. The molecule has 0 aliphatic carbocycles. The summed E-state index contributed by atoms with van der Waals surface area (Å²) in [5.41, 5.74) is 2.57. The van der Waals surface area contributed by atoms with E-state index >= 15 is 0 Å². The highest BCUT2D eigenvalue weighted by atomic mass is 19.1. The molecule has 5 heteroatoms. The molecule has 0 unspecified atom stereocenters. The maximum atomic E-state index is 14.3. The van der Waals surface area contributed by atoms with Gasteiger partial charge in [-0.2, -0.15) is 0 Å². The maximum Gasteiger partial charge on any atom is 0.243 e. The van der Waals surface area contributed by atoms with Crippen LogP contribution >= 0.6 is 0 Å². The molecule has 0 bridgehead atoms. The van der Waals surface area contributed by atoms with E-state index in [1.165, 1.54) is 6.07 Å². The summed E-state index contributed by atoms with van der Waals surface area (Å²) >= 11 is 0. The maximum absolute atomic E-state index is 14.3. The molecule has 0 saturated heterocycles. The molecule has 1 N–H and O–H groups in total. The van der Waals surface area contributed by atoms with Crippen molar-refractivity contribution in [1.82, 2.24) is 10.2 Å². The van der Waals surface area contributed by atoms with Gasteiger partial charge in [-0.15, -0.1) is 0 Å². The number of ether oxygens (including phenoxy) is 1. The average molecular weight is 368 g/mol. The average Bonchev–Trinajstić information content (AvgIpc) is 2.80. The lowest BCUT2D eigenvalue weighted by molar-refractivity contribution is -0.116. The molecule has 0 saturated carbocycles. The molecule has 1 amide bonds. The minimum atomic E-state index is -0.400. The van der Waals surface area contributed by atoms with Crippen molar-refractivity contribution in [2.24, 2.45) is 0 Å². The van der Waals surface area contributed by atoms with Gasteiger partial charge in [-0.05, 0) is 26.0 Å². The van der Waals surface area contributed by atoms with Crippen LogP contribution in [-0.4, -0.2) is 30.4 Å². The quantitative estimate of drug-likeness (QED) is 0.815. The van der Waals surface area contributed by atoms with Crippen molar-refractivity contribution in [3.05, 3.63) is 77.1 Å². The second-order valence-corrected chi connectivity index (χ2v) is 6.98. The first kappa shape index (κ1) is 19.1. The van der Waals surface area contributed by atoms with Crippen molar-refractivity contribution in [3.63, 3.8) is 0 Å². The van der Waals surface area contributed by atoms with Gasteiger partial charge >= 0.3 is 0 Å². The molecule has 1 atom stereocenters. The summed E-state index contributed by atoms with van der Waals surface area (Å²) in [4.78, 5) is 14.0. The Balaban J connectivity index is 1.75. The van der Waals surface area contributed by atoms with Gasteiger partial charge in [0.2, 0.25) is 5.91 Å². The molecule has 1 heterocycles. The van der Waals surface area contributed by atoms with Crippen LogP contribution in [0.25, 0.3) is 0 Å². The van der Waals surface area contributed by atoms with E-state index in [2.05, 4.69) is 10.2 Å². The van der Waals surface area contributed by atoms with Gasteiger partial charge in [-0.1, -0.05) is 42.0 Å². The molecule has 0 aromatic heterocycles. The van der Waals surface area contributed by atoms with E-state index in [1.807, 2.05) is 44.2 Å². The zero-order chi connectivity index (χ0) is 19.2. The summed E-state index contributed by atoms with van der Waals surface area (Å²) in [6.07, 6.45) is 1.19. The van der Waals surface area contributed by atoms with Gasteiger partial charge in [0.25, 0.3) is 0 Å². The number of nitrogens with zero attached hydrogens (tertiary/aromatic N) is 1. The number of carbonyl (C=O) groups excluding carboxylic acids is 1. The molecule has 0 radical (unpaired) electrons. The number of allylic oxidation sites excluding steroid dienone is 1. The lowest BCUT2D eigenvalue weighted by Gasteiger charge is -2.24. The number of carbonyl (C=O) groups is 1. The summed E-state index contributed by atoms with van der Waals surface area (Å²) in [7, 11) is 0. The molecule has 27 heavy (non-hydrogen) atoms. The third-order valence-electron chi connectivity index (χ3n) is 4.46. The van der Waals surface area contributed by atoms with Crippen molar-refractivity contribution in [2.45, 2.75) is 26.5 Å². The lowest BCUT2D eigenvalue weighted by Crippen LogP contribution is -2.36. The van der Waals surface area contributed by atoms with E-state index < -0.39 is 6.10 Å². The zero-order valence-electron chi connectivity index (χ0n) is 15.7. The van der Waals surface area contributed by atoms with Gasteiger partial charge in [0.15, 0.2) is 0 Å². The number of rotatable bonds is 5. The van der Waals surface area contributed by atoms with Gasteiger partial charge in [0.05, 0.1) is 0 Å². The number of benzene rings is 2. The highest BCUT2D eigenvalue weighted by Crippen LogP contribution is 2.31. The van der Waals surface area contributed by atoms with Gasteiger partial charge in [-0.3, -0.25) is 9.69 Å². The summed E-state index contributed by atoms with van der Waals surface area (Å²) in [6.45, 7) is 6.21. The molecule has 0 spiro atoms. The van der Waals surface area contributed by atoms with Gasteiger partial charge in [0, 0.05) is 43.4 Å². The Morgan fingerprint density at radius 1 is 1.22 bits per heavy atom. The molecule has 0 fully saturated rings. The van der Waals surface area contributed by atoms with Crippen LogP contribution in [0.2, 0.25) is 0 Å². The van der Waals surface area contributed by atoms with Crippen molar-refractivity contribution < 1.29 is 13.9 Å². The lowest BCUT2D eigenvalue weighted by atomic mass is 10.1. The topological polar surface area (TPSA) is 41.6 Å². The van der Waals surface area contributed by atoms with Crippen molar-refractivity contribution in [3.8, 4) is 5.75 Å². The molecule has 1 aliphatic rings. The molecular weight excluding hydrogens is 343 g/mol. The van der Waals surface area contributed by atoms with Crippen LogP contribution in [0.3, 0.4) is 0 Å². The monoisotopic (exact) mass is 368 g/mol. The van der Waals surface area contributed by atoms with E-state index in [-0.39, 0.29) is 11.7 Å². The van der Waals surface area contributed by atoms with Gasteiger partial charge < -0.3 is 10.1 Å². The number of halogens is 1. The Labute approximate surface area is 159 Å². The van der Waals surface area contributed by atoms with E-state index in [0.29, 0.717) is 31.7 Å². The molecule has 2 aromatic carbocycles. The van der Waals surface area contributed by atoms with Crippen molar-refractivity contribution >= 4 is 5.91 Å². The third kappa shape index (κ3) is 5.17. The van der Waals surface area contributed by atoms with Gasteiger partial charge in [0.1, 0.15) is 17.7 Å². The minimum Gasteiger partial charge on any atom is -0.484 e. The van der Waals surface area contributed by atoms with Crippen LogP contribution in [0.15, 0.2) is 60.2 Å². The smallest absolute Gasteiger partial charge is 0.243 e. The number of para-hydroxylation sites is 1. The number of hydrogen-bond acceptors (Lipinski definition) is 3. The Morgan fingerprint density at radius 3 is 2.74 bits per heavy atom. The van der Waals surface area contributed by atoms with Crippen molar-refractivity contribution in [2.75, 3.05) is 19.6 Å². The molecule has 3 rings (SSSR count). The predicted molar refractivity (Wildman–Crippen MR) is 104 cm³/mol. The SMILES string of the molecule is CC(C)=CC(=O)NCCN1Cc2ccccc2O[C@@H](c2ccccc2F)C1. The molecule has 2 aromatic rings. The first-order chi connectivity index (χ1) is 13.0. The fourth-order valence-corrected chi connectivity index (χ4v) is 3.20. The number of hydrogen-bond donors (Lipinski definition) is 1. The van der Waals surface area contributed by atoms with E-state index in [0.717, 1.165) is 16.9 Å². The fraction of sp³-hybridized carbons (Fsp3) is 0.318. The molecule has 1 aliphatic heterocycles. The highest BCUT2D eigenvalue weighted by molar-refractivity contribution is 5.87. The summed E-state index contributed by atoms with van der Waals surface area (Å²) in [5.74, 6) is 0.424. The fourth-order valence-electron chi connectivity index (χ4n) is 3.20. The van der Waals surface area contributed by atoms with Crippen LogP contribution in [0.4, 0.5) is 4.39 Å². The van der Waals surface area contributed by atoms with Crippen LogP contribution in [0, 0.1) is 5.82 Å². The Hall–Kier alpha value is -2.66. The Morgan fingerprint density at radius 2 is 1.96 bits per heavy atom. The standard InChI is InChI=1S/C22H25FN2O2/c1-16(2)13-22(26)24-11-12-25-14-17-7-3-6-10-20(17)27-21(15-25)18-8-4-5-9-19(18)23/h3-10,13,21H,11-12,14-15H2,1-2H3,(H,24,26)/t21-/m1/s1. The summed E-state index contributed by atoms with van der Waals surface area (Å²) in [5, 5.41) is 2.90. The van der Waals surface area contributed by atoms with Crippen LogP contribution in [0.5, 0.6) is 5.75 Å². The predicted octanol–water partition coefficient (Wildman–Crippen LogP) is 3.84. The molecule has 4 nitrogen and oxygen atoms in total. The first-order valence-electron chi connectivity index (χ1n) is 9.17. The van der Waals surface area contributed by atoms with Crippen LogP contribution in [0.1, 0.15) is 31.1 Å². The Bertz CT molecular complexity index is 831. The summed E-state index contributed by atoms with van der Waals surface area (Å²) in [6, 6.07) is 14.6. The second-order valence-electron chi connectivity index (χ2n) is 6.98. The molecular formula is C22H25FN2O2. The van der Waals surface area contributed by atoms with Gasteiger partial charge in [-0.25, -0.2) is 4.39 Å². The first-order valence-corrected chi connectivity index (χ1v) is 9.17. The molecule has 142 valence electrons. The van der Waals surface area contributed by atoms with Crippen molar-refractivity contribution in [1.29, 1.82) is 0 Å². The van der Waals surface area contributed by atoms with E-state index in [9.17, 15) is 9.18 Å². The number of fused-ring (bicyclic) bond motifs is 1. The van der Waals surface area contributed by atoms with Crippen LogP contribution in [-0.2, 0) is 11.3 Å². The van der Waals surface area contributed by atoms with E-state index in [4.69, 9.17) is 4.74 Å². The minimum absolute atomic E-state index is 0.0906. The largest absolute Gasteiger partial charge is 0.484 e. The Kier molecular flexibility index (Phi) is 6.24. The highest BCUT2D eigenvalue weighted by Gasteiger charge is 2.25. The second kappa shape index (κ2) is 8.82. The normalized spacial score (nSPS) is 16.6.